The normalized spacial score (nSPS) is 20.6. The number of nitrogens with one attached hydrogen (secondary N) is 1. The van der Waals surface area contributed by atoms with Crippen LogP contribution < -0.4 is 10.1 Å². The van der Waals surface area contributed by atoms with Crippen LogP contribution in [-0.4, -0.2) is 30.6 Å². The molecule has 1 N–H and O–H groups in total. The molecular formula is C24H26ClNO4. The van der Waals surface area contributed by atoms with Crippen molar-refractivity contribution in [2.24, 2.45) is 0 Å². The third-order valence-electron chi connectivity index (χ3n) is 6.20. The summed E-state index contributed by atoms with van der Waals surface area (Å²) in [4.78, 5) is 26.2. The van der Waals surface area contributed by atoms with Crippen molar-refractivity contribution in [3.63, 3.8) is 0 Å². The summed E-state index contributed by atoms with van der Waals surface area (Å²) in [5.74, 6) is -0.163. The second-order valence-electron chi connectivity index (χ2n) is 8.24. The summed E-state index contributed by atoms with van der Waals surface area (Å²) in [6.45, 7) is 1.93. The van der Waals surface area contributed by atoms with E-state index in [0.717, 1.165) is 36.0 Å². The minimum absolute atomic E-state index is 0.151. The molecule has 5 nitrogen and oxygen atoms in total. The van der Waals surface area contributed by atoms with Crippen LogP contribution in [0.3, 0.4) is 0 Å². The number of hydrogen-bond donors (Lipinski definition) is 1. The van der Waals surface area contributed by atoms with Crippen LogP contribution in [0.15, 0.2) is 36.4 Å². The van der Waals surface area contributed by atoms with Gasteiger partial charge in [0.1, 0.15) is 11.3 Å². The van der Waals surface area contributed by atoms with Crippen molar-refractivity contribution in [3.05, 3.63) is 63.7 Å². The largest absolute Gasteiger partial charge is 0.489 e. The average molecular weight is 428 g/mol. The minimum Gasteiger partial charge on any atom is -0.489 e. The fourth-order valence-electron chi connectivity index (χ4n) is 4.22. The zero-order valence-corrected chi connectivity index (χ0v) is 18.1. The summed E-state index contributed by atoms with van der Waals surface area (Å²) in [6.07, 6.45) is 4.74. The quantitative estimate of drug-likeness (QED) is 0.718. The minimum atomic E-state index is -1.12. The number of benzene rings is 2. The molecule has 30 heavy (non-hydrogen) atoms. The Morgan fingerprint density at radius 2 is 1.97 bits per heavy atom. The van der Waals surface area contributed by atoms with E-state index in [1.54, 1.807) is 12.1 Å². The third-order valence-corrected chi connectivity index (χ3v) is 6.44. The van der Waals surface area contributed by atoms with Crippen LogP contribution in [0.4, 0.5) is 0 Å². The van der Waals surface area contributed by atoms with Crippen molar-refractivity contribution in [2.75, 3.05) is 7.11 Å². The maximum Gasteiger partial charge on any atom is 0.331 e. The SMILES string of the molecule is COC(=O)C1(NC(=O)c2cccc(C)c2OC2CCC2)CCc2cc(Cl)ccc2C1. The lowest BCUT2D eigenvalue weighted by Gasteiger charge is -2.36. The predicted octanol–water partition coefficient (Wildman–Crippen LogP) is 4.41. The number of halogens is 1. The van der Waals surface area contributed by atoms with E-state index in [0.29, 0.717) is 35.6 Å². The molecule has 2 aromatic rings. The highest BCUT2D eigenvalue weighted by atomic mass is 35.5. The van der Waals surface area contributed by atoms with Crippen molar-refractivity contribution < 1.29 is 19.1 Å². The van der Waals surface area contributed by atoms with E-state index in [1.807, 2.05) is 31.2 Å². The Bertz CT molecular complexity index is 985. The summed E-state index contributed by atoms with van der Waals surface area (Å²) in [6, 6.07) is 11.2. The fraction of sp³-hybridized carbons (Fsp3) is 0.417. The number of ether oxygens (including phenoxy) is 2. The predicted molar refractivity (Wildman–Crippen MR) is 115 cm³/mol. The molecule has 0 aliphatic heterocycles. The number of rotatable bonds is 5. The second-order valence-corrected chi connectivity index (χ2v) is 8.68. The molecule has 4 rings (SSSR count). The fourth-order valence-corrected chi connectivity index (χ4v) is 4.41. The van der Waals surface area contributed by atoms with Gasteiger partial charge >= 0.3 is 5.97 Å². The maximum atomic E-state index is 13.3. The van der Waals surface area contributed by atoms with Gasteiger partial charge in [0, 0.05) is 11.4 Å². The molecule has 0 aromatic heterocycles. The molecule has 1 atom stereocenters. The average Bonchev–Trinajstić information content (AvgIpc) is 2.70. The number of methoxy groups -OCH3 is 1. The Morgan fingerprint density at radius 3 is 2.67 bits per heavy atom. The summed E-state index contributed by atoms with van der Waals surface area (Å²) in [5.41, 5.74) is 2.33. The molecular weight excluding hydrogens is 402 g/mol. The summed E-state index contributed by atoms with van der Waals surface area (Å²) < 4.78 is 11.2. The van der Waals surface area contributed by atoms with Crippen LogP contribution in [0.2, 0.25) is 5.02 Å². The zero-order chi connectivity index (χ0) is 21.3. The number of fused-ring (bicyclic) bond motifs is 1. The molecule has 0 spiro atoms. The van der Waals surface area contributed by atoms with Crippen molar-refractivity contribution in [2.45, 2.75) is 57.1 Å². The number of aryl methyl sites for hydroxylation is 2. The molecule has 1 fully saturated rings. The van der Waals surface area contributed by atoms with Crippen molar-refractivity contribution in [3.8, 4) is 5.75 Å². The Labute approximate surface area is 181 Å². The molecule has 158 valence electrons. The smallest absolute Gasteiger partial charge is 0.331 e. The van der Waals surface area contributed by atoms with Gasteiger partial charge in [0.2, 0.25) is 0 Å². The Kier molecular flexibility index (Phi) is 5.74. The number of hydrogen-bond acceptors (Lipinski definition) is 4. The van der Waals surface area contributed by atoms with Gasteiger partial charge in [-0.1, -0.05) is 29.8 Å². The summed E-state index contributed by atoms with van der Waals surface area (Å²) in [7, 11) is 1.35. The van der Waals surface area contributed by atoms with E-state index >= 15 is 0 Å². The van der Waals surface area contributed by atoms with Crippen LogP contribution in [0.1, 0.15) is 52.7 Å². The standard InChI is InChI=1S/C24H26ClNO4/c1-15-5-3-8-20(21(15)30-19-6-4-7-19)22(27)26-24(23(28)29-2)12-11-16-13-18(25)10-9-17(16)14-24/h3,5,8-10,13,19H,4,6-7,11-12,14H2,1-2H3,(H,26,27). The number of amides is 1. The molecule has 2 aromatic carbocycles. The van der Waals surface area contributed by atoms with Gasteiger partial charge < -0.3 is 14.8 Å². The van der Waals surface area contributed by atoms with E-state index in [1.165, 1.54) is 7.11 Å². The van der Waals surface area contributed by atoms with Crippen molar-refractivity contribution in [1.29, 1.82) is 0 Å². The van der Waals surface area contributed by atoms with Gasteiger partial charge in [-0.2, -0.15) is 0 Å². The van der Waals surface area contributed by atoms with Crippen molar-refractivity contribution >= 4 is 23.5 Å². The molecule has 0 radical (unpaired) electrons. The van der Waals surface area contributed by atoms with Crippen LogP contribution in [0, 0.1) is 6.92 Å². The monoisotopic (exact) mass is 427 g/mol. The highest BCUT2D eigenvalue weighted by Crippen LogP contribution is 2.34. The van der Waals surface area contributed by atoms with Crippen LogP contribution in [-0.2, 0) is 22.4 Å². The molecule has 1 amide bonds. The highest BCUT2D eigenvalue weighted by molar-refractivity contribution is 6.30. The molecule has 2 aliphatic carbocycles. The number of carbonyl (C=O) groups is 2. The van der Waals surface area contributed by atoms with E-state index in [9.17, 15) is 9.59 Å². The molecule has 6 heteroatoms. The van der Waals surface area contributed by atoms with Crippen LogP contribution in [0.5, 0.6) is 5.75 Å². The number of para-hydroxylation sites is 1. The number of esters is 1. The van der Waals surface area contributed by atoms with Crippen LogP contribution >= 0.6 is 11.6 Å². The lowest BCUT2D eigenvalue weighted by Crippen LogP contribution is -2.58. The third kappa shape index (κ3) is 3.91. The van der Waals surface area contributed by atoms with Gasteiger partial charge in [0.05, 0.1) is 18.8 Å². The first kappa shape index (κ1) is 20.7. The molecule has 1 saturated carbocycles. The Morgan fingerprint density at radius 1 is 1.17 bits per heavy atom. The van der Waals surface area contributed by atoms with Gasteiger partial charge in [0.25, 0.3) is 5.91 Å². The van der Waals surface area contributed by atoms with Gasteiger partial charge in [-0.25, -0.2) is 4.79 Å². The topological polar surface area (TPSA) is 64.6 Å². The molecule has 2 aliphatic rings. The van der Waals surface area contributed by atoms with Gasteiger partial charge in [-0.05, 0) is 73.9 Å². The van der Waals surface area contributed by atoms with Gasteiger partial charge in [-0.3, -0.25) is 4.79 Å². The molecule has 1 unspecified atom stereocenters. The lowest BCUT2D eigenvalue weighted by atomic mass is 9.77. The first-order valence-corrected chi connectivity index (χ1v) is 10.7. The number of carbonyl (C=O) groups excluding carboxylic acids is 2. The van der Waals surface area contributed by atoms with E-state index in [4.69, 9.17) is 21.1 Å². The summed E-state index contributed by atoms with van der Waals surface area (Å²) in [5, 5.41) is 3.67. The Balaban J connectivity index is 1.63. The van der Waals surface area contributed by atoms with E-state index < -0.39 is 11.5 Å². The maximum absolute atomic E-state index is 13.3. The molecule has 0 bridgehead atoms. The molecule has 0 saturated heterocycles. The lowest BCUT2D eigenvalue weighted by molar-refractivity contribution is -0.148. The second kappa shape index (κ2) is 8.31. The first-order valence-electron chi connectivity index (χ1n) is 10.4. The first-order chi connectivity index (χ1) is 14.4. The van der Waals surface area contributed by atoms with E-state index in [2.05, 4.69) is 5.32 Å². The van der Waals surface area contributed by atoms with Gasteiger partial charge in [0.15, 0.2) is 0 Å². The van der Waals surface area contributed by atoms with Gasteiger partial charge in [-0.15, -0.1) is 0 Å². The van der Waals surface area contributed by atoms with Crippen LogP contribution in [0.25, 0.3) is 0 Å². The molecule has 0 heterocycles. The highest BCUT2D eigenvalue weighted by Gasteiger charge is 2.44. The Hall–Kier alpha value is -2.53. The van der Waals surface area contributed by atoms with Crippen molar-refractivity contribution in [1.82, 2.24) is 5.32 Å². The summed E-state index contributed by atoms with van der Waals surface area (Å²) >= 11 is 6.12. The zero-order valence-electron chi connectivity index (χ0n) is 17.3. The van der Waals surface area contributed by atoms with E-state index in [-0.39, 0.29) is 12.0 Å².